The van der Waals surface area contributed by atoms with E-state index in [9.17, 15) is 14.4 Å². The van der Waals surface area contributed by atoms with Crippen LogP contribution in [-0.2, 0) is 16.0 Å². The third-order valence-electron chi connectivity index (χ3n) is 6.02. The molecule has 0 unspecified atom stereocenters. The SMILES string of the molecule is CC(C)CC(=O)N1CCC(NC(=O)Cc2ccc(NC(=O)c3cc4ccccc4o3)cc2)CC1. The third-order valence-corrected chi connectivity index (χ3v) is 6.02. The van der Waals surface area contributed by atoms with Crippen LogP contribution in [0.15, 0.2) is 59.0 Å². The molecular formula is C27H31N3O4. The number of benzene rings is 2. The highest BCUT2D eigenvalue weighted by atomic mass is 16.3. The van der Waals surface area contributed by atoms with Crippen LogP contribution in [-0.4, -0.2) is 41.8 Å². The molecule has 0 atom stereocenters. The summed E-state index contributed by atoms with van der Waals surface area (Å²) in [7, 11) is 0. The summed E-state index contributed by atoms with van der Waals surface area (Å²) in [6.45, 7) is 5.48. The smallest absolute Gasteiger partial charge is 0.291 e. The molecule has 7 nitrogen and oxygen atoms in total. The van der Waals surface area contributed by atoms with E-state index in [-0.39, 0.29) is 35.9 Å². The molecule has 2 N–H and O–H groups in total. The molecule has 0 aliphatic carbocycles. The highest BCUT2D eigenvalue weighted by Crippen LogP contribution is 2.20. The minimum absolute atomic E-state index is 0.0361. The lowest BCUT2D eigenvalue weighted by Gasteiger charge is -2.33. The molecule has 0 bridgehead atoms. The molecule has 3 aromatic rings. The Hall–Kier alpha value is -3.61. The van der Waals surface area contributed by atoms with Gasteiger partial charge < -0.3 is 20.0 Å². The molecule has 1 saturated heterocycles. The average Bonchev–Trinajstić information content (AvgIpc) is 3.25. The van der Waals surface area contributed by atoms with Crippen molar-refractivity contribution < 1.29 is 18.8 Å². The van der Waals surface area contributed by atoms with E-state index in [1.54, 1.807) is 18.2 Å². The molecule has 2 aromatic carbocycles. The van der Waals surface area contributed by atoms with Crippen molar-refractivity contribution in [1.82, 2.24) is 10.2 Å². The predicted molar refractivity (Wildman–Crippen MR) is 132 cm³/mol. The predicted octanol–water partition coefficient (Wildman–Crippen LogP) is 4.38. The zero-order valence-corrected chi connectivity index (χ0v) is 19.7. The minimum atomic E-state index is -0.320. The van der Waals surface area contributed by atoms with Gasteiger partial charge in [-0.3, -0.25) is 14.4 Å². The number of amides is 3. The van der Waals surface area contributed by atoms with Gasteiger partial charge in [-0.15, -0.1) is 0 Å². The van der Waals surface area contributed by atoms with Gasteiger partial charge in [0, 0.05) is 36.6 Å². The van der Waals surface area contributed by atoms with E-state index < -0.39 is 0 Å². The molecule has 3 amide bonds. The van der Waals surface area contributed by atoms with E-state index in [1.165, 1.54) is 0 Å². The topological polar surface area (TPSA) is 91.7 Å². The van der Waals surface area contributed by atoms with Gasteiger partial charge in [0.05, 0.1) is 6.42 Å². The molecule has 178 valence electrons. The Morgan fingerprint density at radius 3 is 2.41 bits per heavy atom. The summed E-state index contributed by atoms with van der Waals surface area (Å²) in [5.74, 6) is 0.453. The van der Waals surface area contributed by atoms with Crippen LogP contribution in [0.3, 0.4) is 0 Å². The van der Waals surface area contributed by atoms with E-state index in [0.29, 0.717) is 36.7 Å². The molecule has 1 aliphatic rings. The quantitative estimate of drug-likeness (QED) is 0.546. The van der Waals surface area contributed by atoms with Gasteiger partial charge >= 0.3 is 0 Å². The maximum atomic E-state index is 12.5. The van der Waals surface area contributed by atoms with Crippen molar-refractivity contribution >= 4 is 34.4 Å². The second-order valence-electron chi connectivity index (χ2n) is 9.30. The molecule has 1 aromatic heterocycles. The van der Waals surface area contributed by atoms with Crippen molar-refractivity contribution in [3.8, 4) is 0 Å². The molecule has 2 heterocycles. The molecule has 4 rings (SSSR count). The standard InChI is InChI=1S/C27H31N3O4/c1-18(2)15-26(32)30-13-11-22(12-14-30)28-25(31)16-19-7-9-21(10-8-19)29-27(33)24-17-20-5-3-4-6-23(20)34-24/h3-10,17-18,22H,11-16H2,1-2H3,(H,28,31)(H,29,33). The summed E-state index contributed by atoms with van der Waals surface area (Å²) in [6, 6.07) is 16.5. The highest BCUT2D eigenvalue weighted by Gasteiger charge is 2.24. The van der Waals surface area contributed by atoms with Crippen molar-refractivity contribution in [2.24, 2.45) is 5.92 Å². The summed E-state index contributed by atoms with van der Waals surface area (Å²) in [6.07, 6.45) is 2.40. The van der Waals surface area contributed by atoms with E-state index in [2.05, 4.69) is 10.6 Å². The van der Waals surface area contributed by atoms with Gasteiger partial charge in [0.25, 0.3) is 5.91 Å². The summed E-state index contributed by atoms with van der Waals surface area (Å²) in [4.78, 5) is 39.1. The second-order valence-corrected chi connectivity index (χ2v) is 9.30. The van der Waals surface area contributed by atoms with Crippen LogP contribution in [0.2, 0.25) is 0 Å². The Labute approximate surface area is 199 Å². The number of hydrogen-bond donors (Lipinski definition) is 2. The van der Waals surface area contributed by atoms with Crippen LogP contribution in [0.4, 0.5) is 5.69 Å². The van der Waals surface area contributed by atoms with Crippen molar-refractivity contribution in [3.05, 3.63) is 65.9 Å². The number of fused-ring (bicyclic) bond motifs is 1. The zero-order chi connectivity index (χ0) is 24.1. The van der Waals surface area contributed by atoms with Crippen LogP contribution in [0.1, 0.15) is 49.2 Å². The zero-order valence-electron chi connectivity index (χ0n) is 19.7. The fourth-order valence-corrected chi connectivity index (χ4v) is 4.21. The Morgan fingerprint density at radius 1 is 1.03 bits per heavy atom. The summed E-state index contributed by atoms with van der Waals surface area (Å²) in [5, 5.41) is 6.79. The second kappa shape index (κ2) is 10.5. The molecule has 34 heavy (non-hydrogen) atoms. The first kappa shape index (κ1) is 23.5. The summed E-state index contributed by atoms with van der Waals surface area (Å²) in [5.41, 5.74) is 2.17. The van der Waals surface area contributed by atoms with Gasteiger partial charge in [0.1, 0.15) is 5.58 Å². The Bertz CT molecular complexity index is 1130. The van der Waals surface area contributed by atoms with Crippen molar-refractivity contribution in [3.63, 3.8) is 0 Å². The lowest BCUT2D eigenvalue weighted by Crippen LogP contribution is -2.47. The normalized spacial score (nSPS) is 14.4. The number of carbonyl (C=O) groups excluding carboxylic acids is 3. The van der Waals surface area contributed by atoms with Gasteiger partial charge in [-0.1, -0.05) is 44.2 Å². The molecule has 0 radical (unpaired) electrons. The maximum Gasteiger partial charge on any atom is 0.291 e. The Kier molecular flexibility index (Phi) is 7.30. The van der Waals surface area contributed by atoms with Crippen LogP contribution >= 0.6 is 0 Å². The summed E-state index contributed by atoms with van der Waals surface area (Å²) >= 11 is 0. The number of nitrogens with zero attached hydrogens (tertiary/aromatic N) is 1. The molecular weight excluding hydrogens is 430 g/mol. The number of para-hydroxylation sites is 1. The molecule has 0 saturated carbocycles. The monoisotopic (exact) mass is 461 g/mol. The number of piperidine rings is 1. The van der Waals surface area contributed by atoms with Crippen LogP contribution < -0.4 is 10.6 Å². The van der Waals surface area contributed by atoms with Gasteiger partial charge in [-0.05, 0) is 48.6 Å². The molecule has 0 spiro atoms. The van der Waals surface area contributed by atoms with Crippen LogP contribution in [0, 0.1) is 5.92 Å². The first-order valence-corrected chi connectivity index (χ1v) is 11.8. The lowest BCUT2D eigenvalue weighted by atomic mass is 10.0. The van der Waals surface area contributed by atoms with Gasteiger partial charge in [0.2, 0.25) is 11.8 Å². The van der Waals surface area contributed by atoms with Crippen LogP contribution in [0.5, 0.6) is 0 Å². The average molecular weight is 462 g/mol. The van der Waals surface area contributed by atoms with E-state index in [1.807, 2.05) is 55.1 Å². The first-order chi connectivity index (χ1) is 16.4. The van der Waals surface area contributed by atoms with E-state index in [4.69, 9.17) is 4.42 Å². The Balaban J connectivity index is 1.24. The number of likely N-dealkylation sites (tertiary alicyclic amines) is 1. The number of anilines is 1. The largest absolute Gasteiger partial charge is 0.451 e. The minimum Gasteiger partial charge on any atom is -0.451 e. The van der Waals surface area contributed by atoms with Crippen molar-refractivity contribution in [2.45, 2.75) is 45.6 Å². The summed E-state index contributed by atoms with van der Waals surface area (Å²) < 4.78 is 5.60. The maximum absolute atomic E-state index is 12.5. The highest BCUT2D eigenvalue weighted by molar-refractivity contribution is 6.04. The lowest BCUT2D eigenvalue weighted by molar-refractivity contribution is -0.133. The first-order valence-electron chi connectivity index (χ1n) is 11.8. The molecule has 1 aliphatic heterocycles. The van der Waals surface area contributed by atoms with Crippen molar-refractivity contribution in [1.29, 1.82) is 0 Å². The van der Waals surface area contributed by atoms with Gasteiger partial charge in [0.15, 0.2) is 5.76 Å². The fourth-order valence-electron chi connectivity index (χ4n) is 4.21. The van der Waals surface area contributed by atoms with Crippen LogP contribution in [0.25, 0.3) is 11.0 Å². The fraction of sp³-hybridized carbons (Fsp3) is 0.370. The number of rotatable bonds is 7. The van der Waals surface area contributed by atoms with E-state index in [0.717, 1.165) is 23.8 Å². The molecule has 1 fully saturated rings. The number of furan rings is 1. The third kappa shape index (κ3) is 6.04. The van der Waals surface area contributed by atoms with E-state index >= 15 is 0 Å². The number of nitrogens with one attached hydrogen (secondary N) is 2. The van der Waals surface area contributed by atoms with Crippen molar-refractivity contribution in [2.75, 3.05) is 18.4 Å². The Morgan fingerprint density at radius 2 is 1.74 bits per heavy atom. The molecule has 7 heteroatoms. The van der Waals surface area contributed by atoms with Gasteiger partial charge in [-0.25, -0.2) is 0 Å². The number of hydrogen-bond acceptors (Lipinski definition) is 4. The number of carbonyl (C=O) groups is 3. The van der Waals surface area contributed by atoms with Gasteiger partial charge in [-0.2, -0.15) is 0 Å².